The number of hydrogen-bond acceptors (Lipinski definition) is 4. The summed E-state index contributed by atoms with van der Waals surface area (Å²) in [7, 11) is 0. The van der Waals surface area contributed by atoms with Gasteiger partial charge in [0.2, 0.25) is 0 Å². The largest absolute Gasteiger partial charge is 0.573 e. The van der Waals surface area contributed by atoms with Gasteiger partial charge in [-0.1, -0.05) is 25.5 Å². The maximum Gasteiger partial charge on any atom is 0.573 e. The Hall–Kier alpha value is -1.97. The first-order valence-corrected chi connectivity index (χ1v) is 9.92. The van der Waals surface area contributed by atoms with Gasteiger partial charge in [-0.05, 0) is 18.6 Å². The average molecular weight is 432 g/mol. The molecule has 0 spiro atoms. The summed E-state index contributed by atoms with van der Waals surface area (Å²) in [5.41, 5.74) is 0.186. The molecule has 1 saturated heterocycles. The SMILES string of the molecule is CCCC1COC(c2ccc3c(sc4c(F)c(OC(F)(F)F)ccc43)c2F)OC1. The summed E-state index contributed by atoms with van der Waals surface area (Å²) in [6.07, 6.45) is -3.94. The van der Waals surface area contributed by atoms with Crippen LogP contribution in [0.3, 0.4) is 0 Å². The molecule has 156 valence electrons. The number of thiophene rings is 1. The lowest BCUT2D eigenvalue weighted by Crippen LogP contribution is -2.27. The second-order valence-corrected chi connectivity index (χ2v) is 7.92. The fourth-order valence-electron chi connectivity index (χ4n) is 3.52. The van der Waals surface area contributed by atoms with Gasteiger partial charge < -0.3 is 14.2 Å². The summed E-state index contributed by atoms with van der Waals surface area (Å²) >= 11 is 0.733. The number of benzene rings is 2. The van der Waals surface area contributed by atoms with E-state index in [1.807, 2.05) is 0 Å². The molecule has 3 nitrogen and oxygen atoms in total. The van der Waals surface area contributed by atoms with Crippen LogP contribution < -0.4 is 4.74 Å². The van der Waals surface area contributed by atoms with Crippen molar-refractivity contribution in [1.29, 1.82) is 0 Å². The third kappa shape index (κ3) is 3.91. The number of fused-ring (bicyclic) bond motifs is 3. The maximum absolute atomic E-state index is 15.2. The van der Waals surface area contributed by atoms with Gasteiger partial charge in [0, 0.05) is 22.3 Å². The van der Waals surface area contributed by atoms with Gasteiger partial charge in [0.05, 0.1) is 22.6 Å². The van der Waals surface area contributed by atoms with Crippen LogP contribution in [0.25, 0.3) is 20.2 Å². The summed E-state index contributed by atoms with van der Waals surface area (Å²) < 4.78 is 82.1. The zero-order valence-electron chi connectivity index (χ0n) is 15.3. The third-order valence-corrected chi connectivity index (χ3v) is 6.03. The van der Waals surface area contributed by atoms with Crippen molar-refractivity contribution in [1.82, 2.24) is 0 Å². The van der Waals surface area contributed by atoms with Crippen LogP contribution in [0.5, 0.6) is 5.75 Å². The molecule has 29 heavy (non-hydrogen) atoms. The first-order chi connectivity index (χ1) is 13.8. The number of hydrogen-bond donors (Lipinski definition) is 0. The zero-order valence-corrected chi connectivity index (χ0v) is 16.1. The molecule has 0 radical (unpaired) electrons. The van der Waals surface area contributed by atoms with Crippen LogP contribution >= 0.6 is 11.3 Å². The van der Waals surface area contributed by atoms with Crippen molar-refractivity contribution in [3.05, 3.63) is 41.5 Å². The fraction of sp³-hybridized carbons (Fsp3) is 0.400. The first-order valence-electron chi connectivity index (χ1n) is 9.10. The van der Waals surface area contributed by atoms with Gasteiger partial charge in [0.15, 0.2) is 17.9 Å². The Bertz CT molecular complexity index is 1040. The lowest BCUT2D eigenvalue weighted by molar-refractivity contribution is -0.275. The Labute approximate surface area is 167 Å². The van der Waals surface area contributed by atoms with E-state index < -0.39 is 30.0 Å². The van der Waals surface area contributed by atoms with Crippen molar-refractivity contribution in [2.24, 2.45) is 5.92 Å². The summed E-state index contributed by atoms with van der Waals surface area (Å²) in [4.78, 5) is 0. The van der Waals surface area contributed by atoms with E-state index in [4.69, 9.17) is 9.47 Å². The summed E-state index contributed by atoms with van der Waals surface area (Å²) in [6.45, 7) is 2.97. The number of alkyl halides is 3. The molecular weight excluding hydrogens is 415 g/mol. The first kappa shape index (κ1) is 20.3. The predicted molar refractivity (Wildman–Crippen MR) is 99.0 cm³/mol. The number of ether oxygens (including phenoxy) is 3. The second kappa shape index (κ2) is 7.70. The molecule has 1 aliphatic heterocycles. The Morgan fingerprint density at radius 3 is 2.24 bits per heavy atom. The standard InChI is InChI=1S/C20H17F5O3S/c1-2-3-10-8-26-19(27-9-10)13-5-4-11-12-6-7-14(28-20(23,24)25)16(22)18(12)29-17(11)15(13)21/h4-7,10,19H,2-3,8-9H2,1H3. The topological polar surface area (TPSA) is 27.7 Å². The third-order valence-electron chi connectivity index (χ3n) is 4.83. The quantitative estimate of drug-likeness (QED) is 0.430. The van der Waals surface area contributed by atoms with E-state index in [-0.39, 0.29) is 20.9 Å². The van der Waals surface area contributed by atoms with Crippen LogP contribution in [0.4, 0.5) is 22.0 Å². The van der Waals surface area contributed by atoms with Crippen LogP contribution in [-0.2, 0) is 9.47 Å². The molecule has 1 fully saturated rings. The van der Waals surface area contributed by atoms with Crippen LogP contribution in [0.15, 0.2) is 24.3 Å². The smallest absolute Gasteiger partial charge is 0.403 e. The van der Waals surface area contributed by atoms with E-state index in [2.05, 4.69) is 11.7 Å². The zero-order chi connectivity index (χ0) is 20.8. The Morgan fingerprint density at radius 2 is 1.62 bits per heavy atom. The van der Waals surface area contributed by atoms with Crippen LogP contribution in [0.2, 0.25) is 0 Å². The highest BCUT2D eigenvalue weighted by atomic mass is 32.1. The molecule has 0 atom stereocenters. The van der Waals surface area contributed by atoms with Crippen molar-refractivity contribution in [3.63, 3.8) is 0 Å². The average Bonchev–Trinajstić information content (AvgIpc) is 3.05. The van der Waals surface area contributed by atoms with Gasteiger partial charge >= 0.3 is 6.36 Å². The summed E-state index contributed by atoms with van der Waals surface area (Å²) in [6, 6.07) is 5.29. The van der Waals surface area contributed by atoms with Crippen molar-refractivity contribution in [2.75, 3.05) is 13.2 Å². The van der Waals surface area contributed by atoms with Crippen LogP contribution in [0.1, 0.15) is 31.6 Å². The van der Waals surface area contributed by atoms with E-state index in [1.54, 1.807) is 6.07 Å². The molecule has 4 rings (SSSR count). The summed E-state index contributed by atoms with van der Waals surface area (Å²) in [5.74, 6) is -2.48. The highest BCUT2D eigenvalue weighted by molar-refractivity contribution is 7.25. The van der Waals surface area contributed by atoms with Crippen molar-refractivity contribution < 1.29 is 36.2 Å². The molecule has 1 aromatic heterocycles. The van der Waals surface area contributed by atoms with E-state index in [0.717, 1.165) is 30.2 Å². The van der Waals surface area contributed by atoms with Crippen LogP contribution in [0, 0.1) is 17.6 Å². The second-order valence-electron chi connectivity index (χ2n) is 6.90. The van der Waals surface area contributed by atoms with E-state index in [0.29, 0.717) is 24.0 Å². The van der Waals surface area contributed by atoms with Crippen LogP contribution in [-0.4, -0.2) is 19.6 Å². The molecule has 0 aliphatic carbocycles. The minimum Gasteiger partial charge on any atom is -0.403 e. The van der Waals surface area contributed by atoms with E-state index in [1.165, 1.54) is 12.1 Å². The monoisotopic (exact) mass is 432 g/mol. The molecule has 2 aromatic carbocycles. The maximum atomic E-state index is 15.2. The molecular formula is C20H17F5O3S. The lowest BCUT2D eigenvalue weighted by atomic mass is 10.0. The molecule has 3 aromatic rings. The minimum absolute atomic E-state index is 0.105. The molecule has 0 unspecified atom stereocenters. The Morgan fingerprint density at radius 1 is 1.00 bits per heavy atom. The van der Waals surface area contributed by atoms with Crippen molar-refractivity contribution in [3.8, 4) is 5.75 Å². The predicted octanol–water partition coefficient (Wildman–Crippen LogP) is 6.69. The highest BCUT2D eigenvalue weighted by Crippen LogP contribution is 2.42. The Balaban J connectivity index is 1.71. The number of rotatable bonds is 4. The molecule has 9 heteroatoms. The van der Waals surface area contributed by atoms with Gasteiger partial charge in [-0.15, -0.1) is 24.5 Å². The molecule has 0 bridgehead atoms. The molecule has 0 saturated carbocycles. The number of halogens is 5. The van der Waals surface area contributed by atoms with Gasteiger partial charge in [-0.25, -0.2) is 8.78 Å². The fourth-order valence-corrected chi connectivity index (χ4v) is 4.70. The van der Waals surface area contributed by atoms with Crippen molar-refractivity contribution in [2.45, 2.75) is 32.4 Å². The molecule has 0 amide bonds. The molecule has 1 aliphatic rings. The molecule has 2 heterocycles. The van der Waals surface area contributed by atoms with E-state index in [9.17, 15) is 17.6 Å². The summed E-state index contributed by atoms with van der Waals surface area (Å²) in [5, 5.41) is 0.722. The lowest BCUT2D eigenvalue weighted by Gasteiger charge is -2.29. The highest BCUT2D eigenvalue weighted by Gasteiger charge is 2.33. The van der Waals surface area contributed by atoms with Gasteiger partial charge in [-0.2, -0.15) is 0 Å². The van der Waals surface area contributed by atoms with Crippen molar-refractivity contribution >= 4 is 31.5 Å². The van der Waals surface area contributed by atoms with Gasteiger partial charge in [-0.3, -0.25) is 0 Å². The van der Waals surface area contributed by atoms with Gasteiger partial charge in [0.1, 0.15) is 5.82 Å². The Kier molecular flexibility index (Phi) is 5.39. The van der Waals surface area contributed by atoms with Gasteiger partial charge in [0.25, 0.3) is 0 Å². The van der Waals surface area contributed by atoms with E-state index >= 15 is 4.39 Å². The molecule has 0 N–H and O–H groups in total. The normalized spacial score (nSPS) is 20.5. The minimum atomic E-state index is -5.02.